The molecule has 3 heteroatoms. The Kier molecular flexibility index (Phi) is 3.56. The summed E-state index contributed by atoms with van der Waals surface area (Å²) in [5.74, 6) is 0.185. The number of rotatable bonds is 3. The van der Waals surface area contributed by atoms with Crippen LogP contribution in [0.5, 0.6) is 0 Å². The number of carbonyl (C=O) groups excluding carboxylic acids is 1. The maximum Gasteiger partial charge on any atom is 0.177 e. The van der Waals surface area contributed by atoms with Crippen LogP contribution < -0.4 is 0 Å². The van der Waals surface area contributed by atoms with Crippen LogP contribution in [0.25, 0.3) is 0 Å². The van der Waals surface area contributed by atoms with E-state index in [-0.39, 0.29) is 5.78 Å². The van der Waals surface area contributed by atoms with Gasteiger partial charge in [0.25, 0.3) is 0 Å². The van der Waals surface area contributed by atoms with Gasteiger partial charge in [-0.2, -0.15) is 0 Å². The summed E-state index contributed by atoms with van der Waals surface area (Å²) in [5.41, 5.74) is 1.04. The first-order chi connectivity index (χ1) is 7.66. The lowest BCUT2D eigenvalue weighted by Gasteiger charge is -2.01. The van der Waals surface area contributed by atoms with Gasteiger partial charge in [-0.25, -0.2) is 0 Å². The van der Waals surface area contributed by atoms with Gasteiger partial charge in [0.05, 0.1) is 4.88 Å². The van der Waals surface area contributed by atoms with E-state index in [2.05, 4.69) is 15.9 Å². The molecule has 1 aromatic carbocycles. The number of hydrogen-bond acceptors (Lipinski definition) is 2. The highest BCUT2D eigenvalue weighted by Crippen LogP contribution is 2.21. The summed E-state index contributed by atoms with van der Waals surface area (Å²) >= 11 is 5.01. The zero-order chi connectivity index (χ0) is 11.5. The fourth-order valence-corrected chi connectivity index (χ4v) is 2.72. The van der Waals surface area contributed by atoms with Crippen molar-refractivity contribution in [2.24, 2.45) is 0 Å². The number of ketones is 1. The largest absolute Gasteiger partial charge is 0.293 e. The third-order valence-corrected chi connectivity index (χ3v) is 4.14. The quantitative estimate of drug-likeness (QED) is 0.774. The van der Waals surface area contributed by atoms with Gasteiger partial charge >= 0.3 is 0 Å². The predicted molar refractivity (Wildman–Crippen MR) is 71.2 cm³/mol. The smallest absolute Gasteiger partial charge is 0.177 e. The maximum atomic E-state index is 12.0. The Hall–Kier alpha value is -0.930. The molecule has 0 spiro atoms. The SMILES string of the molecule is Cc1ccc(C(=O)Cc2ccccc2Br)s1. The van der Waals surface area contributed by atoms with E-state index < -0.39 is 0 Å². The van der Waals surface area contributed by atoms with Gasteiger partial charge in [-0.3, -0.25) is 4.79 Å². The van der Waals surface area contributed by atoms with Gasteiger partial charge in [0.2, 0.25) is 0 Å². The van der Waals surface area contributed by atoms with Gasteiger partial charge in [-0.15, -0.1) is 11.3 Å². The first kappa shape index (κ1) is 11.6. The van der Waals surface area contributed by atoms with Crippen molar-refractivity contribution in [3.05, 3.63) is 56.2 Å². The Morgan fingerprint density at radius 2 is 2.00 bits per heavy atom. The van der Waals surface area contributed by atoms with Crippen molar-refractivity contribution in [3.63, 3.8) is 0 Å². The summed E-state index contributed by atoms with van der Waals surface area (Å²) in [5, 5.41) is 0. The van der Waals surface area contributed by atoms with E-state index in [1.165, 1.54) is 4.88 Å². The number of Topliss-reactive ketones (excluding diaryl/α,β-unsaturated/α-hetero) is 1. The van der Waals surface area contributed by atoms with Crippen LogP contribution in [0.15, 0.2) is 40.9 Å². The van der Waals surface area contributed by atoms with Crippen LogP contribution in [0.4, 0.5) is 0 Å². The molecule has 0 aliphatic carbocycles. The minimum absolute atomic E-state index is 0.185. The molecule has 0 bridgehead atoms. The van der Waals surface area contributed by atoms with Crippen molar-refractivity contribution in [2.75, 3.05) is 0 Å². The number of halogens is 1. The van der Waals surface area contributed by atoms with E-state index in [1.54, 1.807) is 11.3 Å². The predicted octanol–water partition coefficient (Wildman–Crippen LogP) is 4.24. The maximum absolute atomic E-state index is 12.0. The van der Waals surface area contributed by atoms with Crippen LogP contribution in [0.2, 0.25) is 0 Å². The van der Waals surface area contributed by atoms with Gasteiger partial charge in [0.1, 0.15) is 0 Å². The first-order valence-electron chi connectivity index (χ1n) is 5.00. The van der Waals surface area contributed by atoms with Gasteiger partial charge in [-0.05, 0) is 30.7 Å². The van der Waals surface area contributed by atoms with Crippen molar-refractivity contribution < 1.29 is 4.79 Å². The summed E-state index contributed by atoms with van der Waals surface area (Å²) in [7, 11) is 0. The summed E-state index contributed by atoms with van der Waals surface area (Å²) in [4.78, 5) is 14.0. The van der Waals surface area contributed by atoms with Gasteiger partial charge < -0.3 is 0 Å². The topological polar surface area (TPSA) is 17.1 Å². The molecule has 0 saturated carbocycles. The Labute approximate surface area is 107 Å². The van der Waals surface area contributed by atoms with Crippen molar-refractivity contribution in [1.82, 2.24) is 0 Å². The standard InChI is InChI=1S/C13H11BrOS/c1-9-6-7-13(16-9)12(15)8-10-4-2-3-5-11(10)14/h2-7H,8H2,1H3. The van der Waals surface area contributed by atoms with E-state index >= 15 is 0 Å². The average molecular weight is 295 g/mol. The molecule has 1 heterocycles. The minimum Gasteiger partial charge on any atom is -0.293 e. The average Bonchev–Trinajstić information content (AvgIpc) is 2.68. The monoisotopic (exact) mass is 294 g/mol. The molecule has 0 saturated heterocycles. The Morgan fingerprint density at radius 1 is 1.25 bits per heavy atom. The third-order valence-electron chi connectivity index (χ3n) is 2.32. The second-order valence-corrected chi connectivity index (χ2v) is 5.74. The zero-order valence-electron chi connectivity index (χ0n) is 8.87. The van der Waals surface area contributed by atoms with Crippen LogP contribution >= 0.6 is 27.3 Å². The second-order valence-electron chi connectivity index (χ2n) is 3.60. The molecule has 0 N–H and O–H groups in total. The Morgan fingerprint density at radius 3 is 2.62 bits per heavy atom. The fourth-order valence-electron chi connectivity index (χ4n) is 1.49. The molecule has 16 heavy (non-hydrogen) atoms. The first-order valence-corrected chi connectivity index (χ1v) is 6.61. The molecule has 0 atom stereocenters. The molecule has 0 unspecified atom stereocenters. The van der Waals surface area contributed by atoms with Crippen LogP contribution in [0.1, 0.15) is 20.1 Å². The summed E-state index contributed by atoms with van der Waals surface area (Å²) in [6.07, 6.45) is 0.460. The Bertz CT molecular complexity index is 516. The molecule has 82 valence electrons. The van der Waals surface area contributed by atoms with Crippen molar-refractivity contribution in [3.8, 4) is 0 Å². The molecule has 0 amide bonds. The van der Waals surface area contributed by atoms with E-state index in [4.69, 9.17) is 0 Å². The molecular weight excluding hydrogens is 284 g/mol. The molecule has 1 nitrogen and oxygen atoms in total. The number of benzene rings is 1. The summed E-state index contributed by atoms with van der Waals surface area (Å²) < 4.78 is 0.997. The van der Waals surface area contributed by atoms with Crippen molar-refractivity contribution >= 4 is 33.0 Å². The summed E-state index contributed by atoms with van der Waals surface area (Å²) in [6.45, 7) is 2.01. The van der Waals surface area contributed by atoms with Gasteiger partial charge in [-0.1, -0.05) is 34.1 Å². The molecular formula is C13H11BrOS. The van der Waals surface area contributed by atoms with E-state index in [0.717, 1.165) is 14.9 Å². The van der Waals surface area contributed by atoms with Crippen molar-refractivity contribution in [2.45, 2.75) is 13.3 Å². The minimum atomic E-state index is 0.185. The number of hydrogen-bond donors (Lipinski definition) is 0. The van der Waals surface area contributed by atoms with Gasteiger partial charge in [0, 0.05) is 15.8 Å². The van der Waals surface area contributed by atoms with Gasteiger partial charge in [0.15, 0.2) is 5.78 Å². The van der Waals surface area contributed by atoms with Crippen molar-refractivity contribution in [1.29, 1.82) is 0 Å². The summed E-state index contributed by atoms with van der Waals surface area (Å²) in [6, 6.07) is 11.7. The molecule has 2 aromatic rings. The van der Waals surface area contributed by atoms with E-state index in [9.17, 15) is 4.79 Å². The number of thiophene rings is 1. The lowest BCUT2D eigenvalue weighted by molar-refractivity contribution is 0.0996. The number of carbonyl (C=O) groups is 1. The van der Waals surface area contributed by atoms with Crippen LogP contribution in [0, 0.1) is 6.92 Å². The Balaban J connectivity index is 2.17. The lowest BCUT2D eigenvalue weighted by Crippen LogP contribution is -2.01. The molecule has 0 radical (unpaired) electrons. The van der Waals surface area contributed by atoms with E-state index in [1.807, 2.05) is 43.3 Å². The second kappa shape index (κ2) is 4.93. The lowest BCUT2D eigenvalue weighted by atomic mass is 10.1. The molecule has 1 aromatic heterocycles. The highest BCUT2D eigenvalue weighted by atomic mass is 79.9. The van der Waals surface area contributed by atoms with Crippen LogP contribution in [-0.2, 0) is 6.42 Å². The van der Waals surface area contributed by atoms with E-state index in [0.29, 0.717) is 6.42 Å². The van der Waals surface area contributed by atoms with Crippen LogP contribution in [-0.4, -0.2) is 5.78 Å². The normalized spacial score (nSPS) is 10.4. The molecule has 2 rings (SSSR count). The van der Waals surface area contributed by atoms with Crippen LogP contribution in [0.3, 0.4) is 0 Å². The fraction of sp³-hybridized carbons (Fsp3) is 0.154. The molecule has 0 aliphatic heterocycles. The highest BCUT2D eigenvalue weighted by molar-refractivity contribution is 9.10. The zero-order valence-corrected chi connectivity index (χ0v) is 11.3. The number of aryl methyl sites for hydroxylation is 1. The molecule has 0 fully saturated rings. The molecule has 0 aliphatic rings. The third kappa shape index (κ3) is 2.60. The highest BCUT2D eigenvalue weighted by Gasteiger charge is 2.10.